The van der Waals surface area contributed by atoms with Gasteiger partial charge in [-0.1, -0.05) is 11.8 Å². The third kappa shape index (κ3) is 2.82. The molecule has 0 bridgehead atoms. The number of thioether (sulfide) groups is 2. The zero-order valence-corrected chi connectivity index (χ0v) is 13.6. The first-order valence-electron chi connectivity index (χ1n) is 6.60. The molecule has 1 saturated heterocycles. The number of carbonyl (C=O) groups excluding carboxylic acids is 1. The molecule has 124 valence electrons. The van der Waals surface area contributed by atoms with Crippen LogP contribution in [-0.2, 0) is 14.3 Å². The van der Waals surface area contributed by atoms with Crippen LogP contribution in [0.1, 0.15) is 0 Å². The van der Waals surface area contributed by atoms with E-state index in [9.17, 15) is 14.7 Å². The molecule has 4 N–H and O–H groups in total. The molecule has 2 unspecified atom stereocenters. The van der Waals surface area contributed by atoms with E-state index >= 15 is 0 Å². The summed E-state index contributed by atoms with van der Waals surface area (Å²) in [7, 11) is 1.52. The highest BCUT2D eigenvalue weighted by Gasteiger charge is 2.52. The molecule has 0 radical (unpaired) electrons. The predicted molar refractivity (Wildman–Crippen MR) is 81.4 cm³/mol. The first kappa shape index (κ1) is 16.2. The lowest BCUT2D eigenvalue weighted by atomic mass is 10.0. The molecule has 2 aliphatic heterocycles. The minimum Gasteiger partial charge on any atom is -0.477 e. The number of aromatic nitrogens is 4. The second kappa shape index (κ2) is 6.47. The second-order valence-corrected chi connectivity index (χ2v) is 7.15. The van der Waals surface area contributed by atoms with Crippen LogP contribution < -0.4 is 5.73 Å². The van der Waals surface area contributed by atoms with E-state index < -0.39 is 12.0 Å². The summed E-state index contributed by atoms with van der Waals surface area (Å²) in [5, 5.41) is 22.8. The monoisotopic (exact) mass is 358 g/mol. The number of β-lactam (4-membered cyclic amide) rings is 1. The van der Waals surface area contributed by atoms with Crippen molar-refractivity contribution in [1.82, 2.24) is 25.5 Å². The molecule has 1 fully saturated rings. The van der Waals surface area contributed by atoms with E-state index in [4.69, 9.17) is 10.5 Å². The maximum atomic E-state index is 12.0. The van der Waals surface area contributed by atoms with E-state index in [1.165, 1.54) is 35.5 Å². The van der Waals surface area contributed by atoms with Crippen LogP contribution in [0, 0.1) is 0 Å². The molecule has 3 atom stereocenters. The van der Waals surface area contributed by atoms with Crippen molar-refractivity contribution in [2.75, 3.05) is 19.5 Å². The Hall–Kier alpha value is -1.63. The Morgan fingerprint density at radius 1 is 1.70 bits per heavy atom. The van der Waals surface area contributed by atoms with Gasteiger partial charge in [-0.3, -0.25) is 9.69 Å². The summed E-state index contributed by atoms with van der Waals surface area (Å²) in [6.45, 7) is 0.255. The maximum absolute atomic E-state index is 12.0. The molecule has 2 aliphatic rings. The molecule has 0 aliphatic carbocycles. The highest BCUT2D eigenvalue weighted by molar-refractivity contribution is 8.01. The van der Waals surface area contributed by atoms with Gasteiger partial charge in [0, 0.05) is 12.9 Å². The van der Waals surface area contributed by atoms with E-state index in [-0.39, 0.29) is 28.8 Å². The van der Waals surface area contributed by atoms with Crippen LogP contribution in [0.3, 0.4) is 0 Å². The molecule has 1 aromatic heterocycles. The molecular formula is C11H14N6O4S2. The van der Waals surface area contributed by atoms with Gasteiger partial charge in [0.15, 0.2) is 0 Å². The number of tetrazole rings is 1. The standard InChI is InChI=1S/C11H14N6O4S2/c1-21-2-5(23-11-13-15-16-14-11)4-3-22-9-6(12)8(18)17(9)7(4)10(19)20/h5-6,9H,2-3,12H2,1H3,(H,19,20)(H,13,14,15,16)/t5?,6?,9-/m0/s1. The minimum atomic E-state index is -1.15. The first-order valence-corrected chi connectivity index (χ1v) is 8.53. The van der Waals surface area contributed by atoms with Crippen LogP contribution in [0.25, 0.3) is 0 Å². The van der Waals surface area contributed by atoms with Gasteiger partial charge >= 0.3 is 5.97 Å². The van der Waals surface area contributed by atoms with Gasteiger partial charge in [0.25, 0.3) is 0 Å². The summed E-state index contributed by atoms with van der Waals surface area (Å²) in [4.78, 5) is 24.9. The van der Waals surface area contributed by atoms with E-state index in [0.29, 0.717) is 16.5 Å². The van der Waals surface area contributed by atoms with Crippen LogP contribution in [0.15, 0.2) is 16.4 Å². The average molecular weight is 358 g/mol. The Labute approximate surface area is 139 Å². The van der Waals surface area contributed by atoms with Crippen molar-refractivity contribution in [1.29, 1.82) is 0 Å². The normalized spacial score (nSPS) is 25.1. The topological polar surface area (TPSA) is 147 Å². The van der Waals surface area contributed by atoms with Crippen molar-refractivity contribution in [3.8, 4) is 0 Å². The number of hydrogen-bond donors (Lipinski definition) is 3. The number of rotatable bonds is 6. The van der Waals surface area contributed by atoms with Crippen LogP contribution >= 0.6 is 23.5 Å². The molecule has 0 aromatic carbocycles. The zero-order valence-electron chi connectivity index (χ0n) is 12.0. The molecule has 1 aromatic rings. The van der Waals surface area contributed by atoms with Gasteiger partial charge in [-0.2, -0.15) is 5.21 Å². The molecule has 23 heavy (non-hydrogen) atoms. The minimum absolute atomic E-state index is 0.0153. The number of aliphatic carboxylic acids is 1. The molecule has 3 rings (SSSR count). The lowest BCUT2D eigenvalue weighted by molar-refractivity contribution is -0.148. The number of amides is 1. The van der Waals surface area contributed by atoms with E-state index in [0.717, 1.165) is 0 Å². The molecule has 10 nitrogen and oxygen atoms in total. The summed E-state index contributed by atoms with van der Waals surface area (Å²) in [5.41, 5.74) is 6.32. The number of hydrogen-bond acceptors (Lipinski definition) is 9. The molecule has 0 saturated carbocycles. The van der Waals surface area contributed by atoms with Crippen molar-refractivity contribution in [2.45, 2.75) is 21.8 Å². The smallest absolute Gasteiger partial charge is 0.352 e. The first-order chi connectivity index (χ1) is 11.0. The van der Waals surface area contributed by atoms with Gasteiger partial charge in [-0.15, -0.1) is 22.0 Å². The fourth-order valence-electron chi connectivity index (χ4n) is 2.47. The number of nitrogens with one attached hydrogen (secondary N) is 1. The number of carboxylic acid groups (broad SMARTS) is 1. The maximum Gasteiger partial charge on any atom is 0.352 e. The summed E-state index contributed by atoms with van der Waals surface area (Å²) in [5.74, 6) is -1.08. The lowest BCUT2D eigenvalue weighted by Gasteiger charge is -2.48. The molecule has 1 amide bonds. The van der Waals surface area contributed by atoms with Crippen molar-refractivity contribution < 1.29 is 19.4 Å². The highest BCUT2D eigenvalue weighted by atomic mass is 32.2. The SMILES string of the molecule is COCC(Sc1nn[nH]n1)C1=C(C(=O)O)N2C(=O)C(N)[C@@H]2SC1. The number of fused-ring (bicyclic) bond motifs is 1. The Balaban J connectivity index is 1.95. The van der Waals surface area contributed by atoms with Gasteiger partial charge in [-0.05, 0) is 10.8 Å². The summed E-state index contributed by atoms with van der Waals surface area (Å²) in [6.07, 6.45) is 0. The molecule has 3 heterocycles. The predicted octanol–water partition coefficient (Wildman–Crippen LogP) is -1.11. The van der Waals surface area contributed by atoms with Crippen molar-refractivity contribution in [3.05, 3.63) is 11.3 Å². The van der Waals surface area contributed by atoms with Gasteiger partial charge in [0.2, 0.25) is 11.1 Å². The number of nitrogens with two attached hydrogens (primary N) is 1. The lowest BCUT2D eigenvalue weighted by Crippen LogP contribution is -2.68. The largest absolute Gasteiger partial charge is 0.477 e. The van der Waals surface area contributed by atoms with E-state index in [2.05, 4.69) is 20.6 Å². The van der Waals surface area contributed by atoms with Crippen molar-refractivity contribution in [3.63, 3.8) is 0 Å². The van der Waals surface area contributed by atoms with Crippen LogP contribution in [-0.4, -0.2) is 78.6 Å². The van der Waals surface area contributed by atoms with Crippen LogP contribution in [0.2, 0.25) is 0 Å². The fourth-order valence-corrected chi connectivity index (χ4v) is 4.93. The average Bonchev–Trinajstić information content (AvgIpc) is 3.05. The highest BCUT2D eigenvalue weighted by Crippen LogP contribution is 2.42. The Morgan fingerprint density at radius 2 is 2.48 bits per heavy atom. The number of ether oxygens (including phenoxy) is 1. The summed E-state index contributed by atoms with van der Waals surface area (Å²) < 4.78 is 5.19. The number of H-pyrrole nitrogens is 1. The molecule has 12 heteroatoms. The third-order valence-corrected chi connectivity index (χ3v) is 5.93. The van der Waals surface area contributed by atoms with Gasteiger partial charge in [0.1, 0.15) is 17.1 Å². The third-order valence-electron chi connectivity index (χ3n) is 3.52. The fraction of sp³-hybridized carbons (Fsp3) is 0.545. The number of methoxy groups -OCH3 is 1. The van der Waals surface area contributed by atoms with Crippen LogP contribution in [0.5, 0.6) is 0 Å². The second-order valence-electron chi connectivity index (χ2n) is 4.87. The molecular weight excluding hydrogens is 344 g/mol. The number of carboxylic acids is 1. The zero-order chi connectivity index (χ0) is 16.6. The quantitative estimate of drug-likeness (QED) is 0.422. The van der Waals surface area contributed by atoms with Gasteiger partial charge in [-0.25, -0.2) is 4.79 Å². The Kier molecular flexibility index (Phi) is 4.57. The molecule has 0 spiro atoms. The summed E-state index contributed by atoms with van der Waals surface area (Å²) >= 11 is 2.68. The Bertz CT molecular complexity index is 651. The number of aromatic amines is 1. The van der Waals surface area contributed by atoms with Gasteiger partial charge < -0.3 is 15.6 Å². The van der Waals surface area contributed by atoms with Crippen LogP contribution in [0.4, 0.5) is 0 Å². The summed E-state index contributed by atoms with van der Waals surface area (Å²) in [6, 6.07) is -0.651. The van der Waals surface area contributed by atoms with Crippen molar-refractivity contribution in [2.24, 2.45) is 5.73 Å². The Morgan fingerprint density at radius 3 is 3.09 bits per heavy atom. The number of carbonyl (C=O) groups is 2. The van der Waals surface area contributed by atoms with E-state index in [1.807, 2.05) is 0 Å². The van der Waals surface area contributed by atoms with Crippen molar-refractivity contribution >= 4 is 35.4 Å². The number of nitrogens with zero attached hydrogens (tertiary/aromatic N) is 4. The van der Waals surface area contributed by atoms with E-state index in [1.54, 1.807) is 0 Å². The van der Waals surface area contributed by atoms with Gasteiger partial charge in [0.05, 0.1) is 11.9 Å².